The SMILES string of the molecule is CC(C)(C)OC(=O)N1CCCC(c2ccc(B3OC(C)(C)C(C)(C)O3)s2)C1. The van der Waals surface area contributed by atoms with Gasteiger partial charge in [0.2, 0.25) is 0 Å². The lowest BCUT2D eigenvalue weighted by molar-refractivity contribution is 0.00578. The van der Waals surface area contributed by atoms with Gasteiger partial charge in [-0.3, -0.25) is 0 Å². The normalized spacial score (nSPS) is 24.9. The molecule has 5 nitrogen and oxygen atoms in total. The van der Waals surface area contributed by atoms with Crippen molar-refractivity contribution >= 4 is 29.3 Å². The highest BCUT2D eigenvalue weighted by atomic mass is 32.1. The van der Waals surface area contributed by atoms with Crippen LogP contribution in [0.15, 0.2) is 12.1 Å². The predicted molar refractivity (Wildman–Crippen MR) is 110 cm³/mol. The molecule has 1 aromatic heterocycles. The van der Waals surface area contributed by atoms with E-state index in [-0.39, 0.29) is 24.4 Å². The van der Waals surface area contributed by atoms with E-state index in [4.69, 9.17) is 14.0 Å². The summed E-state index contributed by atoms with van der Waals surface area (Å²) in [7, 11) is -0.320. The second-order valence-electron chi connectivity index (χ2n) is 9.59. The molecule has 1 aromatic rings. The number of thiophene rings is 1. The number of nitrogens with zero attached hydrogens (tertiary/aromatic N) is 1. The first kappa shape index (κ1) is 20.7. The molecule has 3 heterocycles. The zero-order valence-electron chi connectivity index (χ0n) is 17.6. The average Bonchev–Trinajstić information content (AvgIpc) is 3.09. The maximum atomic E-state index is 12.4. The van der Waals surface area contributed by atoms with Gasteiger partial charge in [-0.25, -0.2) is 4.79 Å². The third-order valence-electron chi connectivity index (χ3n) is 5.61. The van der Waals surface area contributed by atoms with Crippen molar-refractivity contribution in [3.8, 4) is 0 Å². The van der Waals surface area contributed by atoms with Crippen molar-refractivity contribution in [3.63, 3.8) is 0 Å². The monoisotopic (exact) mass is 393 g/mol. The number of hydrogen-bond donors (Lipinski definition) is 0. The summed E-state index contributed by atoms with van der Waals surface area (Å²) >= 11 is 1.74. The van der Waals surface area contributed by atoms with Gasteiger partial charge in [0.1, 0.15) is 5.60 Å². The van der Waals surface area contributed by atoms with Crippen LogP contribution >= 0.6 is 11.3 Å². The van der Waals surface area contributed by atoms with E-state index in [0.29, 0.717) is 12.5 Å². The summed E-state index contributed by atoms with van der Waals surface area (Å²) in [5.41, 5.74) is -1.13. The first-order valence-corrected chi connectivity index (χ1v) is 10.6. The molecule has 2 aliphatic heterocycles. The third-order valence-corrected chi connectivity index (χ3v) is 6.88. The maximum Gasteiger partial charge on any atom is 0.505 e. The molecule has 0 radical (unpaired) electrons. The van der Waals surface area contributed by atoms with Crippen LogP contribution in [0.25, 0.3) is 0 Å². The summed E-state index contributed by atoms with van der Waals surface area (Å²) in [6.07, 6.45) is 1.87. The smallest absolute Gasteiger partial charge is 0.444 e. The molecule has 150 valence electrons. The lowest BCUT2D eigenvalue weighted by Gasteiger charge is -2.33. The fraction of sp³-hybridized carbons (Fsp3) is 0.750. The van der Waals surface area contributed by atoms with Crippen LogP contribution in [-0.2, 0) is 14.0 Å². The van der Waals surface area contributed by atoms with Crippen LogP contribution in [0, 0.1) is 0 Å². The Hall–Kier alpha value is -1.05. The van der Waals surface area contributed by atoms with Gasteiger partial charge in [0.25, 0.3) is 0 Å². The van der Waals surface area contributed by atoms with Crippen LogP contribution in [0.4, 0.5) is 4.79 Å². The van der Waals surface area contributed by atoms with Gasteiger partial charge >= 0.3 is 13.2 Å². The minimum Gasteiger partial charge on any atom is -0.444 e. The predicted octanol–water partition coefficient (Wildman–Crippen LogP) is 4.16. The molecule has 0 aliphatic carbocycles. The van der Waals surface area contributed by atoms with Crippen LogP contribution in [0.5, 0.6) is 0 Å². The van der Waals surface area contributed by atoms with Crippen molar-refractivity contribution in [3.05, 3.63) is 17.0 Å². The molecule has 1 unspecified atom stereocenters. The van der Waals surface area contributed by atoms with Gasteiger partial charge in [-0.2, -0.15) is 0 Å². The topological polar surface area (TPSA) is 48.0 Å². The zero-order chi connectivity index (χ0) is 20.0. The fourth-order valence-corrected chi connectivity index (χ4v) is 4.47. The minimum absolute atomic E-state index is 0.213. The number of carbonyl (C=O) groups is 1. The number of amides is 1. The average molecular weight is 393 g/mol. The second-order valence-corrected chi connectivity index (χ2v) is 10.7. The van der Waals surface area contributed by atoms with Gasteiger partial charge in [-0.05, 0) is 67.4 Å². The standard InChI is InChI=1S/C20H32BNO4S/c1-18(2,3)24-17(23)22-12-8-9-14(13-22)15-10-11-16(27-15)21-25-19(4,5)20(6,7)26-21/h10-11,14H,8-9,12-13H2,1-7H3. The summed E-state index contributed by atoms with van der Waals surface area (Å²) in [6, 6.07) is 4.27. The van der Waals surface area contributed by atoms with Crippen LogP contribution in [0.2, 0.25) is 0 Å². The molecular weight excluding hydrogens is 361 g/mol. The van der Waals surface area contributed by atoms with Crippen LogP contribution in [-0.4, -0.2) is 48.0 Å². The largest absolute Gasteiger partial charge is 0.505 e. The number of likely N-dealkylation sites (tertiary alicyclic amines) is 1. The number of rotatable bonds is 2. The van der Waals surface area contributed by atoms with Crippen LogP contribution in [0.3, 0.4) is 0 Å². The van der Waals surface area contributed by atoms with E-state index in [9.17, 15) is 4.79 Å². The lowest BCUT2D eigenvalue weighted by Crippen LogP contribution is -2.42. The van der Waals surface area contributed by atoms with E-state index in [1.807, 2.05) is 25.7 Å². The molecule has 0 bridgehead atoms. The van der Waals surface area contributed by atoms with Crippen molar-refractivity contribution in [2.24, 2.45) is 0 Å². The summed E-state index contributed by atoms with van der Waals surface area (Å²) in [4.78, 5) is 15.5. The molecule has 2 fully saturated rings. The van der Waals surface area contributed by atoms with Crippen molar-refractivity contribution in [1.82, 2.24) is 4.90 Å². The summed E-state index contributed by atoms with van der Waals surface area (Å²) in [5, 5.41) is 0. The van der Waals surface area contributed by atoms with Gasteiger partial charge in [-0.1, -0.05) is 6.07 Å². The highest BCUT2D eigenvalue weighted by Crippen LogP contribution is 2.38. The molecule has 0 aromatic carbocycles. The highest BCUT2D eigenvalue weighted by molar-refractivity contribution is 7.22. The van der Waals surface area contributed by atoms with E-state index in [1.54, 1.807) is 11.3 Å². The van der Waals surface area contributed by atoms with E-state index >= 15 is 0 Å². The Morgan fingerprint density at radius 1 is 1.22 bits per heavy atom. The molecular formula is C20H32BNO4S. The number of carbonyl (C=O) groups excluding carboxylic acids is 1. The lowest BCUT2D eigenvalue weighted by atomic mass is 9.88. The van der Waals surface area contributed by atoms with Crippen molar-refractivity contribution in [2.75, 3.05) is 13.1 Å². The van der Waals surface area contributed by atoms with Crippen LogP contribution in [0.1, 0.15) is 72.1 Å². The van der Waals surface area contributed by atoms with Gasteiger partial charge in [0.05, 0.1) is 11.2 Å². The minimum atomic E-state index is -0.461. The molecule has 0 N–H and O–H groups in total. The molecule has 1 atom stereocenters. The van der Waals surface area contributed by atoms with Crippen molar-refractivity contribution in [1.29, 1.82) is 0 Å². The maximum absolute atomic E-state index is 12.4. The summed E-state index contributed by atoms with van der Waals surface area (Å²) in [5.74, 6) is 0.340. The van der Waals surface area contributed by atoms with E-state index in [2.05, 4.69) is 39.8 Å². The first-order chi connectivity index (χ1) is 12.4. The molecule has 1 amide bonds. The first-order valence-electron chi connectivity index (χ1n) is 9.81. The van der Waals surface area contributed by atoms with Gasteiger partial charge < -0.3 is 18.9 Å². The Morgan fingerprint density at radius 2 is 1.85 bits per heavy atom. The Kier molecular flexibility index (Phi) is 5.43. The molecule has 0 saturated carbocycles. The molecule has 0 spiro atoms. The van der Waals surface area contributed by atoms with Crippen LogP contribution < -0.4 is 4.78 Å². The second kappa shape index (κ2) is 7.09. The van der Waals surface area contributed by atoms with E-state index in [1.165, 1.54) is 4.88 Å². The Labute approximate surface area is 167 Å². The third kappa shape index (κ3) is 4.52. The molecule has 7 heteroatoms. The van der Waals surface area contributed by atoms with Gasteiger partial charge in [0.15, 0.2) is 0 Å². The molecule has 2 saturated heterocycles. The Bertz CT molecular complexity index is 678. The Balaban J connectivity index is 1.67. The fourth-order valence-electron chi connectivity index (χ4n) is 3.38. The zero-order valence-corrected chi connectivity index (χ0v) is 18.4. The number of ether oxygens (including phenoxy) is 1. The van der Waals surface area contributed by atoms with E-state index in [0.717, 1.165) is 24.2 Å². The van der Waals surface area contributed by atoms with Crippen molar-refractivity contribution < 1.29 is 18.8 Å². The van der Waals surface area contributed by atoms with Gasteiger partial charge in [0, 0.05) is 28.7 Å². The number of piperidine rings is 1. The van der Waals surface area contributed by atoms with Gasteiger partial charge in [-0.15, -0.1) is 11.3 Å². The molecule has 27 heavy (non-hydrogen) atoms. The number of hydrogen-bond acceptors (Lipinski definition) is 5. The quantitative estimate of drug-likeness (QED) is 0.708. The highest BCUT2D eigenvalue weighted by Gasteiger charge is 2.52. The summed E-state index contributed by atoms with van der Waals surface area (Å²) < 4.78 is 19.0. The van der Waals surface area contributed by atoms with Crippen molar-refractivity contribution in [2.45, 2.75) is 84.0 Å². The molecule has 2 aliphatic rings. The van der Waals surface area contributed by atoms with E-state index < -0.39 is 5.60 Å². The Morgan fingerprint density at radius 3 is 2.44 bits per heavy atom. The molecule has 3 rings (SSSR count). The summed E-state index contributed by atoms with van der Waals surface area (Å²) in [6.45, 7) is 15.5.